The molecule has 0 aromatic heterocycles. The number of nitrogens with two attached hydrogens (primary N) is 1. The Labute approximate surface area is 282 Å². The third-order valence-electron chi connectivity index (χ3n) is 7.56. The number of esters is 1. The highest BCUT2D eigenvalue weighted by molar-refractivity contribution is 7.47. The number of phosphoric ester groups is 1. The van der Waals surface area contributed by atoms with Gasteiger partial charge in [-0.15, -0.1) is 0 Å². The SMILES string of the molecule is CCCCC/C=C\C/C=C\C/C=C\CCCCCCCCC(=O)OC(COCCCCCCCCCC)COP(=O)(O)OCCN. The largest absolute Gasteiger partial charge is 0.472 e. The molecule has 9 heteroatoms. The molecule has 2 unspecified atom stereocenters. The third kappa shape index (κ3) is 34.1. The van der Waals surface area contributed by atoms with Crippen molar-refractivity contribution in [1.82, 2.24) is 0 Å². The van der Waals surface area contributed by atoms with Gasteiger partial charge in [-0.3, -0.25) is 13.8 Å². The average Bonchev–Trinajstić information content (AvgIpc) is 3.04. The minimum Gasteiger partial charge on any atom is -0.457 e. The molecule has 0 saturated carbocycles. The molecular formula is C37H70NO7P. The van der Waals surface area contributed by atoms with Crippen LogP contribution in [0.5, 0.6) is 0 Å². The van der Waals surface area contributed by atoms with Crippen LogP contribution < -0.4 is 5.73 Å². The van der Waals surface area contributed by atoms with Gasteiger partial charge in [0.1, 0.15) is 6.10 Å². The first-order valence-corrected chi connectivity index (χ1v) is 20.0. The van der Waals surface area contributed by atoms with Gasteiger partial charge >= 0.3 is 13.8 Å². The highest BCUT2D eigenvalue weighted by atomic mass is 31.2. The topological polar surface area (TPSA) is 117 Å². The summed E-state index contributed by atoms with van der Waals surface area (Å²) in [6.07, 6.45) is 37.3. The van der Waals surface area contributed by atoms with Crippen molar-refractivity contribution in [3.05, 3.63) is 36.5 Å². The highest BCUT2D eigenvalue weighted by Crippen LogP contribution is 2.43. The van der Waals surface area contributed by atoms with Crippen LogP contribution >= 0.6 is 7.82 Å². The van der Waals surface area contributed by atoms with E-state index in [1.807, 2.05) is 0 Å². The predicted octanol–water partition coefficient (Wildman–Crippen LogP) is 10.3. The summed E-state index contributed by atoms with van der Waals surface area (Å²) < 4.78 is 33.2. The van der Waals surface area contributed by atoms with Crippen molar-refractivity contribution in [2.24, 2.45) is 5.73 Å². The monoisotopic (exact) mass is 671 g/mol. The number of hydrogen-bond acceptors (Lipinski definition) is 7. The van der Waals surface area contributed by atoms with Crippen LogP contribution in [0.25, 0.3) is 0 Å². The van der Waals surface area contributed by atoms with Crippen LogP contribution in [0.4, 0.5) is 0 Å². The smallest absolute Gasteiger partial charge is 0.457 e. The summed E-state index contributed by atoms with van der Waals surface area (Å²) in [5.41, 5.74) is 5.34. The fraction of sp³-hybridized carbons (Fsp3) is 0.811. The zero-order valence-corrected chi connectivity index (χ0v) is 30.4. The van der Waals surface area contributed by atoms with Gasteiger partial charge in [-0.2, -0.15) is 0 Å². The lowest BCUT2D eigenvalue weighted by Crippen LogP contribution is -2.28. The molecule has 3 N–H and O–H groups in total. The Morgan fingerprint density at radius 3 is 1.76 bits per heavy atom. The molecule has 0 saturated heterocycles. The number of phosphoric acid groups is 1. The van der Waals surface area contributed by atoms with E-state index in [-0.39, 0.29) is 32.3 Å². The Balaban J connectivity index is 4.07. The second-order valence-corrected chi connectivity index (χ2v) is 13.5. The van der Waals surface area contributed by atoms with Gasteiger partial charge in [-0.05, 0) is 51.4 Å². The summed E-state index contributed by atoms with van der Waals surface area (Å²) >= 11 is 0. The van der Waals surface area contributed by atoms with E-state index < -0.39 is 13.9 Å². The second kappa shape index (κ2) is 35.0. The summed E-state index contributed by atoms with van der Waals surface area (Å²) in [5, 5.41) is 0. The summed E-state index contributed by atoms with van der Waals surface area (Å²) in [7, 11) is -4.27. The average molecular weight is 672 g/mol. The molecule has 0 aromatic rings. The third-order valence-corrected chi connectivity index (χ3v) is 8.54. The predicted molar refractivity (Wildman–Crippen MR) is 192 cm³/mol. The second-order valence-electron chi connectivity index (χ2n) is 12.1. The van der Waals surface area contributed by atoms with Crippen molar-refractivity contribution in [2.75, 3.05) is 33.0 Å². The van der Waals surface area contributed by atoms with Gasteiger partial charge in [0.15, 0.2) is 0 Å². The molecule has 0 heterocycles. The lowest BCUT2D eigenvalue weighted by atomic mass is 10.1. The van der Waals surface area contributed by atoms with E-state index in [0.29, 0.717) is 13.0 Å². The summed E-state index contributed by atoms with van der Waals surface area (Å²) in [6.45, 7) is 4.84. The van der Waals surface area contributed by atoms with Crippen molar-refractivity contribution in [2.45, 2.75) is 161 Å². The highest BCUT2D eigenvalue weighted by Gasteiger charge is 2.25. The maximum Gasteiger partial charge on any atom is 0.472 e. The van der Waals surface area contributed by atoms with Gasteiger partial charge in [-0.1, -0.05) is 134 Å². The molecule has 0 spiro atoms. The standard InChI is InChI=1S/C37H70NO7P/c1-3-5-7-9-11-13-14-15-16-17-18-19-20-21-22-23-24-26-28-30-37(39)45-36(35-44-46(40,41)43-33-31-38)34-42-32-29-27-25-12-10-8-6-4-2/h11,13,15-16,18-19,36H,3-10,12,14,17,20-35,38H2,1-2H3,(H,40,41)/b13-11-,16-15-,19-18-. The van der Waals surface area contributed by atoms with E-state index in [1.165, 1.54) is 77.0 Å². The van der Waals surface area contributed by atoms with Crippen LogP contribution in [0, 0.1) is 0 Å². The summed E-state index contributed by atoms with van der Waals surface area (Å²) in [4.78, 5) is 22.3. The Kier molecular flexibility index (Phi) is 34.1. The van der Waals surface area contributed by atoms with Crippen molar-refractivity contribution in [3.8, 4) is 0 Å². The molecule has 0 fully saturated rings. The maximum atomic E-state index is 12.5. The van der Waals surface area contributed by atoms with Crippen LogP contribution in [0.15, 0.2) is 36.5 Å². The van der Waals surface area contributed by atoms with Gasteiger partial charge < -0.3 is 20.1 Å². The van der Waals surface area contributed by atoms with Gasteiger partial charge in [0.25, 0.3) is 0 Å². The number of hydrogen-bond donors (Lipinski definition) is 2. The van der Waals surface area contributed by atoms with Gasteiger partial charge in [-0.25, -0.2) is 4.57 Å². The van der Waals surface area contributed by atoms with E-state index in [2.05, 4.69) is 50.3 Å². The number of carbonyl (C=O) groups is 1. The minimum absolute atomic E-state index is 0.0979. The molecule has 0 aromatic carbocycles. The van der Waals surface area contributed by atoms with Crippen molar-refractivity contribution in [1.29, 1.82) is 0 Å². The molecule has 0 amide bonds. The van der Waals surface area contributed by atoms with E-state index >= 15 is 0 Å². The van der Waals surface area contributed by atoms with Gasteiger partial charge in [0.2, 0.25) is 0 Å². The summed E-state index contributed by atoms with van der Waals surface area (Å²) in [5.74, 6) is -0.345. The number of unbranched alkanes of at least 4 members (excludes halogenated alkanes) is 16. The Morgan fingerprint density at radius 1 is 0.652 bits per heavy atom. The van der Waals surface area contributed by atoms with Gasteiger partial charge in [0.05, 0.1) is 19.8 Å². The molecule has 0 rings (SSSR count). The molecule has 0 radical (unpaired) electrons. The minimum atomic E-state index is -4.27. The molecular weight excluding hydrogens is 601 g/mol. The van der Waals surface area contributed by atoms with Gasteiger partial charge in [0, 0.05) is 19.6 Å². The molecule has 270 valence electrons. The molecule has 46 heavy (non-hydrogen) atoms. The lowest BCUT2D eigenvalue weighted by Gasteiger charge is -2.20. The van der Waals surface area contributed by atoms with Crippen LogP contribution in [0.1, 0.15) is 155 Å². The normalized spacial score (nSPS) is 14.1. The molecule has 0 aliphatic carbocycles. The van der Waals surface area contributed by atoms with E-state index in [0.717, 1.165) is 57.8 Å². The zero-order chi connectivity index (χ0) is 33.8. The Bertz CT molecular complexity index is 803. The van der Waals surface area contributed by atoms with E-state index in [4.69, 9.17) is 24.3 Å². The van der Waals surface area contributed by atoms with Crippen LogP contribution in [-0.2, 0) is 27.9 Å². The number of carbonyl (C=O) groups excluding carboxylic acids is 1. The first-order chi connectivity index (χ1) is 22.4. The quantitative estimate of drug-likeness (QED) is 0.0296. The molecule has 0 aliphatic heterocycles. The van der Waals surface area contributed by atoms with Crippen molar-refractivity contribution in [3.63, 3.8) is 0 Å². The molecule has 0 aliphatic rings. The number of ether oxygens (including phenoxy) is 2. The zero-order valence-electron chi connectivity index (χ0n) is 29.6. The fourth-order valence-electron chi connectivity index (χ4n) is 4.82. The molecule has 0 bridgehead atoms. The molecule has 2 atom stereocenters. The maximum absolute atomic E-state index is 12.5. The van der Waals surface area contributed by atoms with Crippen molar-refractivity contribution < 1.29 is 32.8 Å². The first-order valence-electron chi connectivity index (χ1n) is 18.5. The van der Waals surface area contributed by atoms with Crippen LogP contribution in [-0.4, -0.2) is 49.9 Å². The fourth-order valence-corrected chi connectivity index (χ4v) is 5.59. The number of rotatable bonds is 35. The summed E-state index contributed by atoms with van der Waals surface area (Å²) in [6, 6.07) is 0. The van der Waals surface area contributed by atoms with E-state index in [9.17, 15) is 14.3 Å². The van der Waals surface area contributed by atoms with E-state index in [1.54, 1.807) is 0 Å². The van der Waals surface area contributed by atoms with Crippen molar-refractivity contribution >= 4 is 13.8 Å². The lowest BCUT2D eigenvalue weighted by molar-refractivity contribution is -0.154. The first kappa shape index (κ1) is 44.7. The Hall–Kier alpha value is -1.28. The van der Waals surface area contributed by atoms with Crippen LogP contribution in [0.3, 0.4) is 0 Å². The Morgan fingerprint density at radius 2 is 1.15 bits per heavy atom. The number of allylic oxidation sites excluding steroid dienone is 6. The molecule has 8 nitrogen and oxygen atoms in total. The van der Waals surface area contributed by atoms with Crippen LogP contribution in [0.2, 0.25) is 0 Å².